The van der Waals surface area contributed by atoms with Crippen LogP contribution in [0.25, 0.3) is 0 Å². The number of benzene rings is 2. The van der Waals surface area contributed by atoms with E-state index in [2.05, 4.69) is 31.2 Å². The van der Waals surface area contributed by atoms with Crippen molar-refractivity contribution in [3.8, 4) is 11.6 Å². The fourth-order valence-electron chi connectivity index (χ4n) is 8.29. The number of nitrogens with one attached hydrogen (secondary N) is 1. The van der Waals surface area contributed by atoms with Crippen LogP contribution in [0.2, 0.25) is 5.02 Å². The van der Waals surface area contributed by atoms with Crippen molar-refractivity contribution in [2.45, 2.75) is 76.4 Å². The van der Waals surface area contributed by atoms with E-state index in [9.17, 15) is 18.6 Å². The first-order valence-corrected chi connectivity index (χ1v) is 20.9. The first-order valence-electron chi connectivity index (χ1n) is 18.9. The third kappa shape index (κ3) is 8.35. The van der Waals surface area contributed by atoms with Crippen LogP contribution in [0.3, 0.4) is 0 Å². The molecular formula is C40H48ClN5O8S. The van der Waals surface area contributed by atoms with Gasteiger partial charge in [-0.15, -0.1) is 9.46 Å². The summed E-state index contributed by atoms with van der Waals surface area (Å²) in [4.78, 5) is 42.6. The molecule has 2 aliphatic carbocycles. The Morgan fingerprint density at radius 3 is 2.75 bits per heavy atom. The number of amides is 2. The third-order valence-corrected chi connectivity index (χ3v) is 13.1. The van der Waals surface area contributed by atoms with Crippen molar-refractivity contribution >= 4 is 45.2 Å². The van der Waals surface area contributed by atoms with Crippen LogP contribution >= 0.6 is 11.6 Å². The minimum atomic E-state index is -3.65. The second-order valence-electron chi connectivity index (χ2n) is 15.3. The van der Waals surface area contributed by atoms with Gasteiger partial charge in [-0.2, -0.15) is 0 Å². The number of rotatable bonds is 5. The van der Waals surface area contributed by atoms with Crippen molar-refractivity contribution in [3.63, 3.8) is 0 Å². The van der Waals surface area contributed by atoms with Gasteiger partial charge in [0, 0.05) is 48.3 Å². The van der Waals surface area contributed by atoms with E-state index in [1.807, 2.05) is 18.2 Å². The molecule has 1 N–H and O–H groups in total. The number of aromatic nitrogens is 2. The van der Waals surface area contributed by atoms with E-state index < -0.39 is 34.0 Å². The van der Waals surface area contributed by atoms with E-state index in [4.69, 9.17) is 30.5 Å². The zero-order chi connectivity index (χ0) is 38.9. The molecule has 0 radical (unpaired) electrons. The Labute approximate surface area is 327 Å². The number of allylic oxidation sites excluding steroid dienone is 1. The number of carbonyl (C=O) groups excluding carboxylic acids is 3. The van der Waals surface area contributed by atoms with Crippen molar-refractivity contribution < 1.29 is 37.5 Å². The molecule has 13 nitrogen and oxygen atoms in total. The van der Waals surface area contributed by atoms with E-state index in [-0.39, 0.29) is 46.1 Å². The number of hydrogen-bond acceptors (Lipinski definition) is 10. The molecule has 55 heavy (non-hydrogen) atoms. The molecule has 15 heteroatoms. The quantitative estimate of drug-likeness (QED) is 0.216. The van der Waals surface area contributed by atoms with Crippen LogP contribution in [0.1, 0.15) is 84.2 Å². The number of hydrogen-bond donors (Lipinski definition) is 1. The lowest BCUT2D eigenvalue weighted by Crippen LogP contribution is -2.50. The molecule has 3 aromatic rings. The van der Waals surface area contributed by atoms with E-state index >= 15 is 0 Å². The highest BCUT2D eigenvalue weighted by molar-refractivity contribution is 7.92. The first-order chi connectivity index (χ1) is 26.3. The molecule has 4 aliphatic rings. The number of fused-ring (bicyclic) bond motifs is 4. The molecule has 294 valence electrons. The van der Waals surface area contributed by atoms with Gasteiger partial charge < -0.3 is 23.8 Å². The first kappa shape index (κ1) is 38.7. The van der Waals surface area contributed by atoms with Gasteiger partial charge in [-0.25, -0.2) is 9.00 Å². The zero-order valence-electron chi connectivity index (χ0n) is 31.6. The second-order valence-corrected chi connectivity index (χ2v) is 17.8. The summed E-state index contributed by atoms with van der Waals surface area (Å²) in [7, 11) is -0.632. The lowest BCUT2D eigenvalue weighted by atomic mass is 9.68. The predicted molar refractivity (Wildman–Crippen MR) is 208 cm³/mol. The summed E-state index contributed by atoms with van der Waals surface area (Å²) >= 11 is 6.46. The Morgan fingerprint density at radius 2 is 1.98 bits per heavy atom. The lowest BCUT2D eigenvalue weighted by Gasteiger charge is -2.45. The van der Waals surface area contributed by atoms with Crippen LogP contribution < -0.4 is 19.1 Å². The summed E-state index contributed by atoms with van der Waals surface area (Å²) in [6.45, 7) is 5.22. The summed E-state index contributed by atoms with van der Waals surface area (Å²) < 4.78 is 45.9. The summed E-state index contributed by atoms with van der Waals surface area (Å²) in [5.74, 6) is -0.715. The molecule has 2 bridgehead atoms. The van der Waals surface area contributed by atoms with Gasteiger partial charge in [0.25, 0.3) is 11.8 Å². The van der Waals surface area contributed by atoms with Crippen LogP contribution in [0, 0.1) is 11.8 Å². The number of carbonyl (C=O) groups is 3. The molecule has 2 amide bonds. The third-order valence-electron chi connectivity index (χ3n) is 11.0. The molecule has 2 aliphatic heterocycles. The van der Waals surface area contributed by atoms with Crippen molar-refractivity contribution in [2.24, 2.45) is 23.2 Å². The van der Waals surface area contributed by atoms with Crippen LogP contribution in [-0.4, -0.2) is 76.7 Å². The number of aryl methyl sites for hydroxylation is 2. The van der Waals surface area contributed by atoms with Crippen LogP contribution in [0.4, 0.5) is 10.5 Å². The Hall–Kier alpha value is -4.56. The maximum Gasteiger partial charge on any atom is 0.509 e. The summed E-state index contributed by atoms with van der Waals surface area (Å²) in [5, 5.41) is 4.83. The zero-order valence-corrected chi connectivity index (χ0v) is 33.2. The highest BCUT2D eigenvalue weighted by Crippen LogP contribution is 2.47. The SMILES string of the molecule is COc1nn(C)cc1C(=O)NS1(=O)=NC(=O)c2ccc3c(c2)N(C[C@@H]2CC[C@H]2[C@@H](OC(=O)OC(C)C)/C=C/CCC1)C[C@@]1(CCCc2cc(Cl)ccc21)CO3. The minimum Gasteiger partial charge on any atom is -0.490 e. The molecule has 5 atom stereocenters. The highest BCUT2D eigenvalue weighted by Gasteiger charge is 2.45. The van der Waals surface area contributed by atoms with Crippen LogP contribution in [-0.2, 0) is 38.3 Å². The number of halogens is 1. The molecule has 0 saturated heterocycles. The Morgan fingerprint density at radius 1 is 1.15 bits per heavy atom. The van der Waals surface area contributed by atoms with Crippen LogP contribution in [0.5, 0.6) is 11.6 Å². The van der Waals surface area contributed by atoms with Gasteiger partial charge in [0.15, 0.2) is 0 Å². The molecule has 1 spiro atoms. The second kappa shape index (κ2) is 15.9. The number of nitrogens with zero attached hydrogens (tertiary/aromatic N) is 4. The van der Waals surface area contributed by atoms with Crippen molar-refractivity contribution in [1.29, 1.82) is 0 Å². The smallest absolute Gasteiger partial charge is 0.490 e. The van der Waals surface area contributed by atoms with Gasteiger partial charge in [-0.05, 0) is 112 Å². The normalized spacial score (nSPS) is 27.0. The summed E-state index contributed by atoms with van der Waals surface area (Å²) in [6, 6.07) is 11.3. The summed E-state index contributed by atoms with van der Waals surface area (Å²) in [5.41, 5.74) is 3.07. The fraction of sp³-hybridized carbons (Fsp3) is 0.500. The molecule has 7 rings (SSSR count). The topological polar surface area (TPSA) is 151 Å². The van der Waals surface area contributed by atoms with Gasteiger partial charge in [0.05, 0.1) is 31.3 Å². The van der Waals surface area contributed by atoms with Gasteiger partial charge in [0.2, 0.25) is 5.88 Å². The van der Waals surface area contributed by atoms with E-state index in [0.717, 1.165) is 37.8 Å². The van der Waals surface area contributed by atoms with E-state index in [1.165, 1.54) is 29.1 Å². The predicted octanol–water partition coefficient (Wildman–Crippen LogP) is 6.81. The molecule has 2 aromatic carbocycles. The largest absolute Gasteiger partial charge is 0.509 e. The average molecular weight is 794 g/mol. The Balaban J connectivity index is 1.29. The number of ether oxygens (including phenoxy) is 4. The van der Waals surface area contributed by atoms with Gasteiger partial charge in [0.1, 0.15) is 27.3 Å². The number of anilines is 1. The van der Waals surface area contributed by atoms with Crippen LogP contribution in [0.15, 0.2) is 59.1 Å². The molecular weight excluding hydrogens is 746 g/mol. The number of methoxy groups -OCH3 is 1. The lowest BCUT2D eigenvalue weighted by molar-refractivity contribution is -0.0242. The Kier molecular flexibility index (Phi) is 11.2. The highest BCUT2D eigenvalue weighted by atomic mass is 35.5. The minimum absolute atomic E-state index is 0.0164. The molecule has 1 unspecified atom stereocenters. The van der Waals surface area contributed by atoms with Gasteiger partial charge >= 0.3 is 6.16 Å². The van der Waals surface area contributed by atoms with Crippen molar-refractivity contribution in [1.82, 2.24) is 14.5 Å². The summed E-state index contributed by atoms with van der Waals surface area (Å²) in [6.07, 6.45) is 8.93. The molecule has 3 heterocycles. The van der Waals surface area contributed by atoms with Gasteiger partial charge in [-0.3, -0.25) is 19.0 Å². The fourth-order valence-corrected chi connectivity index (χ4v) is 10.1. The molecule has 1 saturated carbocycles. The maximum atomic E-state index is 14.5. The van der Waals surface area contributed by atoms with Crippen molar-refractivity contribution in [2.75, 3.05) is 37.5 Å². The molecule has 1 aromatic heterocycles. The van der Waals surface area contributed by atoms with E-state index in [0.29, 0.717) is 43.3 Å². The average Bonchev–Trinajstić information content (AvgIpc) is 3.44. The monoisotopic (exact) mass is 793 g/mol. The van der Waals surface area contributed by atoms with Crippen molar-refractivity contribution in [3.05, 3.63) is 82.0 Å². The maximum absolute atomic E-state index is 14.5. The molecule has 1 fully saturated rings. The Bertz CT molecular complexity index is 2130. The van der Waals surface area contributed by atoms with E-state index in [1.54, 1.807) is 39.1 Å². The van der Waals surface area contributed by atoms with Gasteiger partial charge in [-0.1, -0.05) is 23.7 Å². The standard InChI is InChI=1S/C40H48ClN5O8S/c1-25(2)53-39(49)54-34-10-6-5-7-18-55(50,44-37(48)31-22-45(3)42-38(31)51-4)43-36(47)27-12-16-35-33(20-27)46(21-28-11-14-30(28)34)23-40(24-52-35)17-8-9-26-19-29(41)13-15-32(26)40/h6,10,12-13,15-16,19-20,22,25,28,30,34H,5,7-9,11,14,17-18,21,23-24H2,1-4H3,(H,43,44,47,48,50)/b10-6+/t28-,30+,34-,40-,55?/m0/s1.